The Bertz CT molecular complexity index is 448. The molecule has 19 heavy (non-hydrogen) atoms. The van der Waals surface area contributed by atoms with E-state index in [-0.39, 0.29) is 11.9 Å². The van der Waals surface area contributed by atoms with Crippen LogP contribution in [0.1, 0.15) is 30.1 Å². The lowest BCUT2D eigenvalue weighted by Gasteiger charge is -2.34. The van der Waals surface area contributed by atoms with Gasteiger partial charge in [-0.05, 0) is 37.8 Å². The van der Waals surface area contributed by atoms with Crippen molar-refractivity contribution in [2.75, 3.05) is 13.1 Å². The van der Waals surface area contributed by atoms with E-state index in [2.05, 4.69) is 0 Å². The first-order valence-corrected chi connectivity index (χ1v) is 7.25. The Kier molecular flexibility index (Phi) is 4.71. The first-order valence-electron chi connectivity index (χ1n) is 6.49. The lowest BCUT2D eigenvalue weighted by molar-refractivity contribution is 0.0681. The SMILES string of the molecule is CC(N)C1CCN(C(=O)c2c(Cl)cccc2Cl)CC1. The Morgan fingerprint density at radius 1 is 1.32 bits per heavy atom. The van der Waals surface area contributed by atoms with Crippen LogP contribution in [0.5, 0.6) is 0 Å². The Hall–Kier alpha value is -0.770. The lowest BCUT2D eigenvalue weighted by Crippen LogP contribution is -2.42. The highest BCUT2D eigenvalue weighted by molar-refractivity contribution is 6.39. The van der Waals surface area contributed by atoms with E-state index in [9.17, 15) is 4.79 Å². The number of hydrogen-bond donors (Lipinski definition) is 1. The fraction of sp³-hybridized carbons (Fsp3) is 0.500. The molecule has 1 atom stereocenters. The number of rotatable bonds is 2. The maximum absolute atomic E-state index is 12.4. The molecule has 1 aliphatic rings. The Labute approximate surface area is 123 Å². The molecule has 1 fully saturated rings. The number of hydrogen-bond acceptors (Lipinski definition) is 2. The molecule has 104 valence electrons. The number of benzene rings is 1. The molecule has 5 heteroatoms. The number of nitrogens with zero attached hydrogens (tertiary/aromatic N) is 1. The van der Waals surface area contributed by atoms with Crippen molar-refractivity contribution >= 4 is 29.1 Å². The molecule has 1 unspecified atom stereocenters. The van der Waals surface area contributed by atoms with E-state index in [1.54, 1.807) is 18.2 Å². The second kappa shape index (κ2) is 6.12. The third kappa shape index (κ3) is 3.22. The van der Waals surface area contributed by atoms with E-state index in [1.165, 1.54) is 0 Å². The number of halogens is 2. The van der Waals surface area contributed by atoms with Crippen LogP contribution in [-0.4, -0.2) is 29.9 Å². The number of nitrogens with two attached hydrogens (primary N) is 1. The average Bonchev–Trinajstić information content (AvgIpc) is 2.38. The first-order chi connectivity index (χ1) is 9.00. The van der Waals surface area contributed by atoms with Gasteiger partial charge in [0.2, 0.25) is 0 Å². The largest absolute Gasteiger partial charge is 0.339 e. The molecule has 0 aliphatic carbocycles. The summed E-state index contributed by atoms with van der Waals surface area (Å²) in [5.41, 5.74) is 6.31. The maximum Gasteiger partial charge on any atom is 0.256 e. The van der Waals surface area contributed by atoms with Gasteiger partial charge in [-0.2, -0.15) is 0 Å². The minimum atomic E-state index is -0.0845. The normalized spacial score (nSPS) is 18.4. The van der Waals surface area contributed by atoms with Crippen molar-refractivity contribution in [3.05, 3.63) is 33.8 Å². The van der Waals surface area contributed by atoms with Crippen molar-refractivity contribution in [2.24, 2.45) is 11.7 Å². The molecule has 3 nitrogen and oxygen atoms in total. The number of likely N-dealkylation sites (tertiary alicyclic amines) is 1. The molecular formula is C14H18Cl2N2O. The van der Waals surface area contributed by atoms with Crippen LogP contribution in [0.15, 0.2) is 18.2 Å². The summed E-state index contributed by atoms with van der Waals surface area (Å²) in [4.78, 5) is 14.3. The number of carbonyl (C=O) groups excluding carboxylic acids is 1. The van der Waals surface area contributed by atoms with Gasteiger partial charge >= 0.3 is 0 Å². The maximum atomic E-state index is 12.4. The molecule has 1 aromatic carbocycles. The zero-order chi connectivity index (χ0) is 14.0. The van der Waals surface area contributed by atoms with Crippen LogP contribution in [0, 0.1) is 5.92 Å². The summed E-state index contributed by atoms with van der Waals surface area (Å²) < 4.78 is 0. The minimum Gasteiger partial charge on any atom is -0.339 e. The summed E-state index contributed by atoms with van der Waals surface area (Å²) in [7, 11) is 0. The molecule has 0 bridgehead atoms. The topological polar surface area (TPSA) is 46.3 Å². The van der Waals surface area contributed by atoms with Gasteiger partial charge in [0.25, 0.3) is 5.91 Å². The fourth-order valence-corrected chi connectivity index (χ4v) is 3.05. The van der Waals surface area contributed by atoms with Crippen LogP contribution in [0.3, 0.4) is 0 Å². The van der Waals surface area contributed by atoms with Crippen molar-refractivity contribution in [1.82, 2.24) is 4.90 Å². The van der Waals surface area contributed by atoms with Crippen molar-refractivity contribution in [1.29, 1.82) is 0 Å². The Balaban J connectivity index is 2.10. The molecule has 2 rings (SSSR count). The third-order valence-electron chi connectivity index (χ3n) is 3.75. The van der Waals surface area contributed by atoms with Gasteiger partial charge in [-0.25, -0.2) is 0 Å². The van der Waals surface area contributed by atoms with Gasteiger partial charge < -0.3 is 10.6 Å². The summed E-state index contributed by atoms with van der Waals surface area (Å²) >= 11 is 12.1. The van der Waals surface area contributed by atoms with Gasteiger partial charge in [-0.15, -0.1) is 0 Å². The molecular weight excluding hydrogens is 283 g/mol. The molecule has 0 spiro atoms. The molecule has 0 radical (unpaired) electrons. The molecule has 1 amide bonds. The van der Waals surface area contributed by atoms with Crippen molar-refractivity contribution in [3.63, 3.8) is 0 Å². The molecule has 1 aliphatic heterocycles. The zero-order valence-electron chi connectivity index (χ0n) is 10.9. The fourth-order valence-electron chi connectivity index (χ4n) is 2.49. The standard InChI is InChI=1S/C14H18Cl2N2O/c1-9(17)10-5-7-18(8-6-10)14(19)13-11(15)3-2-4-12(13)16/h2-4,9-10H,5-8,17H2,1H3. The van der Waals surface area contributed by atoms with E-state index < -0.39 is 0 Å². The summed E-state index contributed by atoms with van der Waals surface area (Å²) in [5.74, 6) is 0.407. The molecule has 1 saturated heterocycles. The molecule has 0 saturated carbocycles. The smallest absolute Gasteiger partial charge is 0.256 e. The predicted octanol–water partition coefficient (Wildman–Crippen LogP) is 3.19. The van der Waals surface area contributed by atoms with Gasteiger partial charge in [0, 0.05) is 19.1 Å². The van der Waals surface area contributed by atoms with Crippen LogP contribution >= 0.6 is 23.2 Å². The van der Waals surface area contributed by atoms with E-state index in [0.717, 1.165) is 12.8 Å². The summed E-state index contributed by atoms with van der Waals surface area (Å²) in [5, 5.41) is 0.818. The van der Waals surface area contributed by atoms with Crippen molar-refractivity contribution in [2.45, 2.75) is 25.8 Å². The summed E-state index contributed by atoms with van der Waals surface area (Å²) in [6.07, 6.45) is 1.87. The second-order valence-corrected chi connectivity index (χ2v) is 5.90. The summed E-state index contributed by atoms with van der Waals surface area (Å²) in [6.45, 7) is 3.45. The number of piperidine rings is 1. The zero-order valence-corrected chi connectivity index (χ0v) is 12.4. The quantitative estimate of drug-likeness (QED) is 0.912. The van der Waals surface area contributed by atoms with Gasteiger partial charge in [0.15, 0.2) is 0 Å². The molecule has 1 aromatic rings. The summed E-state index contributed by atoms with van der Waals surface area (Å²) in [6, 6.07) is 5.30. The van der Waals surface area contributed by atoms with Crippen molar-refractivity contribution < 1.29 is 4.79 Å². The van der Waals surface area contributed by atoms with E-state index in [1.807, 2.05) is 11.8 Å². The van der Waals surface area contributed by atoms with Crippen molar-refractivity contribution in [3.8, 4) is 0 Å². The molecule has 0 aromatic heterocycles. The van der Waals surface area contributed by atoms with Crippen LogP contribution in [0.25, 0.3) is 0 Å². The second-order valence-electron chi connectivity index (χ2n) is 5.09. The van der Waals surface area contributed by atoms with Crippen LogP contribution < -0.4 is 5.73 Å². The van der Waals surface area contributed by atoms with Crippen LogP contribution in [-0.2, 0) is 0 Å². The number of amides is 1. The van der Waals surface area contributed by atoms with Crippen LogP contribution in [0.4, 0.5) is 0 Å². The van der Waals surface area contributed by atoms with E-state index in [0.29, 0.717) is 34.6 Å². The molecule has 1 heterocycles. The van der Waals surface area contributed by atoms with E-state index in [4.69, 9.17) is 28.9 Å². The molecule has 2 N–H and O–H groups in total. The van der Waals surface area contributed by atoms with E-state index >= 15 is 0 Å². The first kappa shape index (κ1) is 14.6. The monoisotopic (exact) mass is 300 g/mol. The predicted molar refractivity (Wildman–Crippen MR) is 78.7 cm³/mol. The minimum absolute atomic E-state index is 0.0845. The highest BCUT2D eigenvalue weighted by Crippen LogP contribution is 2.28. The van der Waals surface area contributed by atoms with Gasteiger partial charge in [0.05, 0.1) is 15.6 Å². The van der Waals surface area contributed by atoms with Gasteiger partial charge in [-0.3, -0.25) is 4.79 Å². The highest BCUT2D eigenvalue weighted by Gasteiger charge is 2.27. The third-order valence-corrected chi connectivity index (χ3v) is 4.38. The number of carbonyl (C=O) groups is 1. The van der Waals surface area contributed by atoms with Gasteiger partial charge in [0.1, 0.15) is 0 Å². The van der Waals surface area contributed by atoms with Gasteiger partial charge in [-0.1, -0.05) is 29.3 Å². The Morgan fingerprint density at radius 2 is 1.84 bits per heavy atom. The van der Waals surface area contributed by atoms with Crippen LogP contribution in [0.2, 0.25) is 10.0 Å². The highest BCUT2D eigenvalue weighted by atomic mass is 35.5. The average molecular weight is 301 g/mol. The lowest BCUT2D eigenvalue weighted by atomic mass is 9.90. The Morgan fingerprint density at radius 3 is 2.32 bits per heavy atom.